The van der Waals surface area contributed by atoms with Gasteiger partial charge in [-0.25, -0.2) is 4.79 Å². The number of para-hydroxylation sites is 1. The molecule has 116 valence electrons. The van der Waals surface area contributed by atoms with Crippen LogP contribution in [0.15, 0.2) is 46.9 Å². The van der Waals surface area contributed by atoms with Gasteiger partial charge in [-0.2, -0.15) is 0 Å². The molecule has 0 bridgehead atoms. The molecule has 3 rings (SSSR count). The monoisotopic (exact) mass is 299 g/mol. The summed E-state index contributed by atoms with van der Waals surface area (Å²) in [6, 6.07) is 13.9. The molecular formula is C18H21NO3. The molecule has 1 saturated heterocycles. The Labute approximate surface area is 130 Å². The fourth-order valence-electron chi connectivity index (χ4n) is 2.78. The number of aryl methyl sites for hydroxylation is 1. The maximum absolute atomic E-state index is 12.0. The number of esters is 1. The Bertz CT molecular complexity index is 620. The van der Waals surface area contributed by atoms with E-state index in [0.717, 1.165) is 31.7 Å². The van der Waals surface area contributed by atoms with Gasteiger partial charge in [0, 0.05) is 31.1 Å². The van der Waals surface area contributed by atoms with E-state index in [1.54, 1.807) is 6.07 Å². The number of anilines is 1. The van der Waals surface area contributed by atoms with Crippen LogP contribution in [-0.2, 0) is 11.2 Å². The second-order valence-electron chi connectivity index (χ2n) is 5.65. The number of hydrogen-bond acceptors (Lipinski definition) is 4. The van der Waals surface area contributed by atoms with Crippen molar-refractivity contribution in [2.45, 2.75) is 19.8 Å². The Kier molecular flexibility index (Phi) is 4.47. The number of benzene rings is 1. The first kappa shape index (κ1) is 14.7. The fraction of sp³-hybridized carbons (Fsp3) is 0.389. The Balaban J connectivity index is 1.49. The van der Waals surface area contributed by atoms with E-state index in [1.807, 2.05) is 31.2 Å². The maximum atomic E-state index is 12.0. The zero-order chi connectivity index (χ0) is 15.4. The van der Waals surface area contributed by atoms with E-state index in [2.05, 4.69) is 17.0 Å². The van der Waals surface area contributed by atoms with Crippen LogP contribution >= 0.6 is 0 Å². The number of nitrogens with zero attached hydrogens (tertiary/aromatic N) is 1. The molecule has 0 saturated carbocycles. The van der Waals surface area contributed by atoms with Crippen molar-refractivity contribution in [1.82, 2.24) is 0 Å². The van der Waals surface area contributed by atoms with Crippen molar-refractivity contribution in [3.63, 3.8) is 0 Å². The van der Waals surface area contributed by atoms with E-state index in [4.69, 9.17) is 9.15 Å². The van der Waals surface area contributed by atoms with Crippen molar-refractivity contribution in [3.8, 4) is 0 Å². The van der Waals surface area contributed by atoms with Crippen molar-refractivity contribution in [1.29, 1.82) is 0 Å². The minimum atomic E-state index is -0.363. The Morgan fingerprint density at radius 2 is 2.09 bits per heavy atom. The van der Waals surface area contributed by atoms with Crippen molar-refractivity contribution in [3.05, 3.63) is 54.0 Å². The van der Waals surface area contributed by atoms with Gasteiger partial charge in [-0.15, -0.1) is 0 Å². The molecule has 4 nitrogen and oxygen atoms in total. The topological polar surface area (TPSA) is 42.7 Å². The quantitative estimate of drug-likeness (QED) is 0.792. The number of carbonyl (C=O) groups excluding carboxylic acids is 1. The van der Waals surface area contributed by atoms with Crippen LogP contribution in [0.4, 0.5) is 5.69 Å². The molecule has 1 unspecified atom stereocenters. The predicted molar refractivity (Wildman–Crippen MR) is 85.1 cm³/mol. The average molecular weight is 299 g/mol. The third-order valence-electron chi connectivity index (χ3n) is 4.07. The molecule has 1 fully saturated rings. The Morgan fingerprint density at radius 1 is 1.27 bits per heavy atom. The summed E-state index contributed by atoms with van der Waals surface area (Å²) in [6.07, 6.45) is 1.82. The Hall–Kier alpha value is -2.23. The molecule has 0 amide bonds. The van der Waals surface area contributed by atoms with Crippen molar-refractivity contribution in [2.24, 2.45) is 5.92 Å². The van der Waals surface area contributed by atoms with Crippen molar-refractivity contribution < 1.29 is 13.9 Å². The van der Waals surface area contributed by atoms with Crippen LogP contribution in [0, 0.1) is 5.92 Å². The summed E-state index contributed by atoms with van der Waals surface area (Å²) in [5.74, 6) is 1.13. The summed E-state index contributed by atoms with van der Waals surface area (Å²) in [5.41, 5.74) is 1.23. The van der Waals surface area contributed by atoms with Gasteiger partial charge in [-0.1, -0.05) is 25.1 Å². The summed E-state index contributed by atoms with van der Waals surface area (Å²) in [6.45, 7) is 4.37. The van der Waals surface area contributed by atoms with Crippen LogP contribution in [0.25, 0.3) is 0 Å². The first-order valence-electron chi connectivity index (χ1n) is 7.82. The average Bonchev–Trinajstić information content (AvgIpc) is 3.22. The van der Waals surface area contributed by atoms with Gasteiger partial charge in [0.15, 0.2) is 0 Å². The SMILES string of the molecule is CCc1ccc(C(=O)OCC2CCN(c3ccccc3)C2)o1. The highest BCUT2D eigenvalue weighted by Gasteiger charge is 2.24. The van der Waals surface area contributed by atoms with Crippen molar-refractivity contribution in [2.75, 3.05) is 24.6 Å². The van der Waals surface area contributed by atoms with Gasteiger partial charge in [0.05, 0.1) is 6.61 Å². The number of carbonyl (C=O) groups is 1. The highest BCUT2D eigenvalue weighted by atomic mass is 16.5. The van der Waals surface area contributed by atoms with Crippen LogP contribution in [0.5, 0.6) is 0 Å². The second kappa shape index (κ2) is 6.69. The first-order chi connectivity index (χ1) is 10.8. The van der Waals surface area contributed by atoms with E-state index >= 15 is 0 Å². The lowest BCUT2D eigenvalue weighted by molar-refractivity contribution is 0.0413. The largest absolute Gasteiger partial charge is 0.459 e. The van der Waals surface area contributed by atoms with Gasteiger partial charge in [0.2, 0.25) is 5.76 Å². The molecule has 0 spiro atoms. The van der Waals surface area contributed by atoms with Crippen molar-refractivity contribution >= 4 is 11.7 Å². The number of hydrogen-bond donors (Lipinski definition) is 0. The molecule has 0 N–H and O–H groups in total. The summed E-state index contributed by atoms with van der Waals surface area (Å²) in [7, 11) is 0. The van der Waals surface area contributed by atoms with Gasteiger partial charge < -0.3 is 14.1 Å². The smallest absolute Gasteiger partial charge is 0.374 e. The number of ether oxygens (including phenoxy) is 1. The van der Waals surface area contributed by atoms with Gasteiger partial charge in [-0.3, -0.25) is 0 Å². The molecule has 1 aliphatic rings. The minimum Gasteiger partial charge on any atom is -0.459 e. The summed E-state index contributed by atoms with van der Waals surface area (Å²) < 4.78 is 10.8. The molecular weight excluding hydrogens is 278 g/mol. The summed E-state index contributed by atoms with van der Waals surface area (Å²) >= 11 is 0. The normalized spacial score (nSPS) is 17.7. The molecule has 0 radical (unpaired) electrons. The lowest BCUT2D eigenvalue weighted by Crippen LogP contribution is -2.21. The zero-order valence-corrected chi connectivity index (χ0v) is 12.8. The number of rotatable bonds is 5. The van der Waals surface area contributed by atoms with E-state index in [0.29, 0.717) is 18.3 Å². The van der Waals surface area contributed by atoms with Crippen LogP contribution in [0.2, 0.25) is 0 Å². The van der Waals surface area contributed by atoms with Gasteiger partial charge in [0.1, 0.15) is 5.76 Å². The van der Waals surface area contributed by atoms with Gasteiger partial charge >= 0.3 is 5.97 Å². The van der Waals surface area contributed by atoms with E-state index in [1.165, 1.54) is 5.69 Å². The van der Waals surface area contributed by atoms with E-state index in [-0.39, 0.29) is 5.97 Å². The van der Waals surface area contributed by atoms with Crippen LogP contribution in [-0.4, -0.2) is 25.7 Å². The molecule has 1 aliphatic heterocycles. The molecule has 4 heteroatoms. The zero-order valence-electron chi connectivity index (χ0n) is 12.8. The highest BCUT2D eigenvalue weighted by Crippen LogP contribution is 2.24. The third-order valence-corrected chi connectivity index (χ3v) is 4.07. The summed E-state index contributed by atoms with van der Waals surface area (Å²) in [5, 5.41) is 0. The fourth-order valence-corrected chi connectivity index (χ4v) is 2.78. The maximum Gasteiger partial charge on any atom is 0.374 e. The minimum absolute atomic E-state index is 0.301. The van der Waals surface area contributed by atoms with Crippen LogP contribution in [0.3, 0.4) is 0 Å². The second-order valence-corrected chi connectivity index (χ2v) is 5.65. The highest BCUT2D eigenvalue weighted by molar-refractivity contribution is 5.86. The third kappa shape index (κ3) is 3.32. The van der Waals surface area contributed by atoms with Crippen LogP contribution < -0.4 is 4.90 Å². The first-order valence-corrected chi connectivity index (χ1v) is 7.82. The van der Waals surface area contributed by atoms with E-state index in [9.17, 15) is 4.79 Å². The molecule has 1 aromatic heterocycles. The van der Waals surface area contributed by atoms with Crippen LogP contribution in [0.1, 0.15) is 29.7 Å². The predicted octanol–water partition coefficient (Wildman–Crippen LogP) is 3.53. The van der Waals surface area contributed by atoms with Gasteiger partial charge in [0.25, 0.3) is 0 Å². The molecule has 0 aliphatic carbocycles. The molecule has 1 aromatic carbocycles. The lowest BCUT2D eigenvalue weighted by atomic mass is 10.1. The van der Waals surface area contributed by atoms with Gasteiger partial charge in [-0.05, 0) is 30.7 Å². The van der Waals surface area contributed by atoms with E-state index < -0.39 is 0 Å². The standard InChI is InChI=1S/C18H21NO3/c1-2-16-8-9-17(22-16)18(20)21-13-14-10-11-19(12-14)15-6-4-3-5-7-15/h3-9,14H,2,10-13H2,1H3. The molecule has 2 heterocycles. The molecule has 2 aromatic rings. The lowest BCUT2D eigenvalue weighted by Gasteiger charge is -2.18. The Morgan fingerprint density at radius 3 is 2.82 bits per heavy atom. The number of furan rings is 1. The summed E-state index contributed by atoms with van der Waals surface area (Å²) in [4.78, 5) is 14.3. The molecule has 1 atom stereocenters. The molecule has 22 heavy (non-hydrogen) atoms.